The molecule has 15 heavy (non-hydrogen) atoms. The molecule has 1 atom stereocenters. The molecule has 1 aromatic rings. The summed E-state index contributed by atoms with van der Waals surface area (Å²) in [6.45, 7) is 3.16. The predicted octanol–water partition coefficient (Wildman–Crippen LogP) is 1.11. The highest BCUT2D eigenvalue weighted by Gasteiger charge is 2.15. The lowest BCUT2D eigenvalue weighted by atomic mass is 10.2. The van der Waals surface area contributed by atoms with E-state index < -0.39 is 0 Å². The van der Waals surface area contributed by atoms with E-state index in [4.69, 9.17) is 11.6 Å². The molecule has 1 saturated heterocycles. The highest BCUT2D eigenvalue weighted by Crippen LogP contribution is 2.18. The van der Waals surface area contributed by atoms with Crippen molar-refractivity contribution in [1.29, 1.82) is 0 Å². The van der Waals surface area contributed by atoms with Gasteiger partial charge in [0.05, 0.1) is 6.10 Å². The summed E-state index contributed by atoms with van der Waals surface area (Å²) in [6.07, 6.45) is -0.303. The van der Waals surface area contributed by atoms with Gasteiger partial charge in [-0.3, -0.25) is 0 Å². The van der Waals surface area contributed by atoms with Gasteiger partial charge in [-0.2, -0.15) is 0 Å². The number of hydrogen-bond acceptors (Lipinski definition) is 3. The monoisotopic (exact) mass is 226 g/mol. The van der Waals surface area contributed by atoms with E-state index in [1.54, 1.807) is 0 Å². The quantitative estimate of drug-likeness (QED) is 0.753. The molecule has 4 heteroatoms. The number of halogens is 1. The minimum absolute atomic E-state index is 0.303. The number of β-amino-alcohol motifs (C(OH)–C–C–N with tert-alkyl or cyclic N) is 1. The molecule has 0 saturated carbocycles. The van der Waals surface area contributed by atoms with Crippen LogP contribution < -0.4 is 10.2 Å². The lowest BCUT2D eigenvalue weighted by molar-refractivity contribution is 0.185. The fraction of sp³-hybridized carbons (Fsp3) is 0.455. The zero-order valence-electron chi connectivity index (χ0n) is 8.49. The lowest BCUT2D eigenvalue weighted by Crippen LogP contribution is -2.32. The molecule has 1 unspecified atom stereocenters. The maximum atomic E-state index is 9.65. The van der Waals surface area contributed by atoms with Gasteiger partial charge in [0.15, 0.2) is 0 Å². The van der Waals surface area contributed by atoms with Gasteiger partial charge in [0.1, 0.15) is 0 Å². The second kappa shape index (κ2) is 4.84. The molecule has 82 valence electrons. The number of hydrogen-bond donors (Lipinski definition) is 2. The molecule has 0 spiro atoms. The van der Waals surface area contributed by atoms with Crippen LogP contribution in [0.3, 0.4) is 0 Å². The van der Waals surface area contributed by atoms with E-state index in [1.165, 1.54) is 0 Å². The molecule has 0 aromatic heterocycles. The zero-order chi connectivity index (χ0) is 10.7. The Balaban J connectivity index is 2.11. The van der Waals surface area contributed by atoms with E-state index >= 15 is 0 Å². The van der Waals surface area contributed by atoms with E-state index in [0.29, 0.717) is 13.1 Å². The minimum atomic E-state index is -0.303. The summed E-state index contributed by atoms with van der Waals surface area (Å²) in [6, 6.07) is 7.73. The third-order valence-corrected chi connectivity index (χ3v) is 2.81. The summed E-state index contributed by atoms with van der Waals surface area (Å²) in [5, 5.41) is 13.6. The first-order valence-electron chi connectivity index (χ1n) is 5.15. The summed E-state index contributed by atoms with van der Waals surface area (Å²) in [5.74, 6) is 0. The van der Waals surface area contributed by atoms with Crippen molar-refractivity contribution in [2.45, 2.75) is 6.10 Å². The Kier molecular flexibility index (Phi) is 3.46. The second-order valence-corrected chi connectivity index (χ2v) is 4.22. The minimum Gasteiger partial charge on any atom is -0.390 e. The van der Waals surface area contributed by atoms with Gasteiger partial charge in [-0.1, -0.05) is 11.6 Å². The third-order valence-electron chi connectivity index (χ3n) is 2.56. The summed E-state index contributed by atoms with van der Waals surface area (Å²) in [4.78, 5) is 2.17. The molecule has 0 bridgehead atoms. The fourth-order valence-electron chi connectivity index (χ4n) is 1.78. The topological polar surface area (TPSA) is 35.5 Å². The van der Waals surface area contributed by atoms with Gasteiger partial charge >= 0.3 is 0 Å². The van der Waals surface area contributed by atoms with Crippen LogP contribution in [0.15, 0.2) is 24.3 Å². The van der Waals surface area contributed by atoms with Crippen LogP contribution >= 0.6 is 11.6 Å². The van der Waals surface area contributed by atoms with E-state index in [-0.39, 0.29) is 6.10 Å². The smallest absolute Gasteiger partial charge is 0.0839 e. The molecule has 1 heterocycles. The molecule has 3 nitrogen and oxygen atoms in total. The number of aliphatic hydroxyl groups is 1. The SMILES string of the molecule is OC1CNCCN(c2ccc(Cl)cc2)C1. The summed E-state index contributed by atoms with van der Waals surface area (Å²) < 4.78 is 0. The van der Waals surface area contributed by atoms with Crippen molar-refractivity contribution in [2.75, 3.05) is 31.1 Å². The molecule has 1 aliphatic heterocycles. The Morgan fingerprint density at radius 3 is 2.80 bits per heavy atom. The summed E-state index contributed by atoms with van der Waals surface area (Å²) in [7, 11) is 0. The van der Waals surface area contributed by atoms with Crippen LogP contribution in [0.2, 0.25) is 5.02 Å². The summed E-state index contributed by atoms with van der Waals surface area (Å²) in [5.41, 5.74) is 1.11. The van der Waals surface area contributed by atoms with Gasteiger partial charge in [0.25, 0.3) is 0 Å². The van der Waals surface area contributed by atoms with Crippen LogP contribution in [0.25, 0.3) is 0 Å². The lowest BCUT2D eigenvalue weighted by Gasteiger charge is -2.23. The van der Waals surface area contributed by atoms with Gasteiger partial charge in [0, 0.05) is 36.9 Å². The molecule has 2 rings (SSSR count). The summed E-state index contributed by atoms with van der Waals surface area (Å²) >= 11 is 5.83. The average molecular weight is 227 g/mol. The molecule has 1 fully saturated rings. The maximum Gasteiger partial charge on any atom is 0.0839 e. The number of anilines is 1. The molecule has 0 amide bonds. The van der Waals surface area contributed by atoms with Crippen molar-refractivity contribution in [3.8, 4) is 0 Å². The normalized spacial score (nSPS) is 22.5. The van der Waals surface area contributed by atoms with E-state index in [2.05, 4.69) is 10.2 Å². The van der Waals surface area contributed by atoms with Gasteiger partial charge < -0.3 is 15.3 Å². The Morgan fingerprint density at radius 1 is 1.33 bits per heavy atom. The Morgan fingerprint density at radius 2 is 2.07 bits per heavy atom. The van der Waals surface area contributed by atoms with Crippen molar-refractivity contribution < 1.29 is 5.11 Å². The van der Waals surface area contributed by atoms with E-state index in [1.807, 2.05) is 24.3 Å². The van der Waals surface area contributed by atoms with Crippen molar-refractivity contribution in [2.24, 2.45) is 0 Å². The van der Waals surface area contributed by atoms with Crippen LogP contribution in [0, 0.1) is 0 Å². The second-order valence-electron chi connectivity index (χ2n) is 3.78. The average Bonchev–Trinajstić information content (AvgIpc) is 2.44. The van der Waals surface area contributed by atoms with Crippen molar-refractivity contribution in [3.05, 3.63) is 29.3 Å². The van der Waals surface area contributed by atoms with Crippen LogP contribution in [0.5, 0.6) is 0 Å². The standard InChI is InChI=1S/C11H15ClN2O/c12-9-1-3-10(4-2-9)14-6-5-13-7-11(15)8-14/h1-4,11,13,15H,5-8H2. The zero-order valence-corrected chi connectivity index (χ0v) is 9.24. The highest BCUT2D eigenvalue weighted by molar-refractivity contribution is 6.30. The highest BCUT2D eigenvalue weighted by atomic mass is 35.5. The Bertz CT molecular complexity index is 315. The molecular weight excluding hydrogens is 212 g/mol. The fourth-order valence-corrected chi connectivity index (χ4v) is 1.91. The number of rotatable bonds is 1. The van der Waals surface area contributed by atoms with Crippen molar-refractivity contribution >= 4 is 17.3 Å². The van der Waals surface area contributed by atoms with Crippen LogP contribution in [0.1, 0.15) is 0 Å². The first-order valence-corrected chi connectivity index (χ1v) is 5.53. The molecule has 0 aliphatic carbocycles. The van der Waals surface area contributed by atoms with Crippen LogP contribution in [-0.4, -0.2) is 37.4 Å². The van der Waals surface area contributed by atoms with Crippen LogP contribution in [-0.2, 0) is 0 Å². The van der Waals surface area contributed by atoms with Crippen molar-refractivity contribution in [3.63, 3.8) is 0 Å². The number of aliphatic hydroxyl groups excluding tert-OH is 1. The van der Waals surface area contributed by atoms with Gasteiger partial charge in [-0.25, -0.2) is 0 Å². The van der Waals surface area contributed by atoms with Crippen molar-refractivity contribution in [1.82, 2.24) is 5.32 Å². The number of nitrogens with one attached hydrogen (secondary N) is 1. The van der Waals surface area contributed by atoms with Gasteiger partial charge in [0.2, 0.25) is 0 Å². The van der Waals surface area contributed by atoms with Gasteiger partial charge in [-0.15, -0.1) is 0 Å². The third kappa shape index (κ3) is 2.84. The number of benzene rings is 1. The molecular formula is C11H15ClN2O. The largest absolute Gasteiger partial charge is 0.390 e. The van der Waals surface area contributed by atoms with Gasteiger partial charge in [-0.05, 0) is 24.3 Å². The predicted molar refractivity (Wildman–Crippen MR) is 62.5 cm³/mol. The molecule has 2 N–H and O–H groups in total. The molecule has 1 aromatic carbocycles. The number of nitrogens with zero attached hydrogens (tertiary/aromatic N) is 1. The Hall–Kier alpha value is -0.770. The van der Waals surface area contributed by atoms with E-state index in [0.717, 1.165) is 23.8 Å². The molecule has 1 aliphatic rings. The first kappa shape index (κ1) is 10.7. The van der Waals surface area contributed by atoms with Crippen LogP contribution in [0.4, 0.5) is 5.69 Å². The Labute approximate surface area is 94.7 Å². The molecule has 0 radical (unpaired) electrons. The maximum absolute atomic E-state index is 9.65. The first-order chi connectivity index (χ1) is 7.25. The van der Waals surface area contributed by atoms with E-state index in [9.17, 15) is 5.11 Å².